The van der Waals surface area contributed by atoms with Crippen LogP contribution < -0.4 is 0 Å². The molecule has 0 aliphatic rings. The summed E-state index contributed by atoms with van der Waals surface area (Å²) in [6, 6.07) is 0. The van der Waals surface area contributed by atoms with E-state index in [-0.39, 0.29) is 0 Å². The predicted octanol–water partition coefficient (Wildman–Crippen LogP) is 2.56. The zero-order chi connectivity index (χ0) is 7.28. The van der Waals surface area contributed by atoms with Crippen LogP contribution in [-0.4, -0.2) is 5.71 Å². The third-order valence-corrected chi connectivity index (χ3v) is 0.726. The SMILES string of the molecule is C=C(C=CC)N=C(C)C. The number of allylic oxidation sites excluding steroid dienone is 2. The van der Waals surface area contributed by atoms with Crippen molar-refractivity contribution in [1.82, 2.24) is 0 Å². The Labute approximate surface area is 56.8 Å². The second-order valence-corrected chi connectivity index (χ2v) is 2.05. The van der Waals surface area contributed by atoms with Crippen LogP contribution in [0, 0.1) is 0 Å². The van der Waals surface area contributed by atoms with Gasteiger partial charge in [0, 0.05) is 5.71 Å². The van der Waals surface area contributed by atoms with Crippen molar-refractivity contribution in [3.8, 4) is 0 Å². The highest BCUT2D eigenvalue weighted by molar-refractivity contribution is 5.80. The minimum Gasteiger partial charge on any atom is -0.259 e. The van der Waals surface area contributed by atoms with Gasteiger partial charge in [0.05, 0.1) is 5.70 Å². The van der Waals surface area contributed by atoms with Crippen molar-refractivity contribution in [3.05, 3.63) is 24.4 Å². The van der Waals surface area contributed by atoms with E-state index in [2.05, 4.69) is 11.6 Å². The molecule has 0 amide bonds. The van der Waals surface area contributed by atoms with Crippen molar-refractivity contribution in [2.24, 2.45) is 4.99 Å². The van der Waals surface area contributed by atoms with Gasteiger partial charge in [0.1, 0.15) is 0 Å². The Morgan fingerprint density at radius 1 is 1.44 bits per heavy atom. The number of nitrogens with zero attached hydrogens (tertiary/aromatic N) is 1. The van der Waals surface area contributed by atoms with Crippen LogP contribution in [0.4, 0.5) is 0 Å². The van der Waals surface area contributed by atoms with Crippen LogP contribution in [0.15, 0.2) is 29.4 Å². The van der Waals surface area contributed by atoms with Gasteiger partial charge in [-0.2, -0.15) is 0 Å². The maximum atomic E-state index is 4.10. The molecule has 0 aromatic heterocycles. The fourth-order valence-corrected chi connectivity index (χ4v) is 0.517. The highest BCUT2D eigenvalue weighted by Gasteiger charge is 1.79. The summed E-state index contributed by atoms with van der Waals surface area (Å²) in [5.41, 5.74) is 1.86. The molecular weight excluding hydrogens is 110 g/mol. The lowest BCUT2D eigenvalue weighted by atomic mass is 10.4. The van der Waals surface area contributed by atoms with E-state index in [4.69, 9.17) is 0 Å². The molecule has 0 aromatic rings. The molecule has 50 valence electrons. The topological polar surface area (TPSA) is 12.4 Å². The van der Waals surface area contributed by atoms with Gasteiger partial charge in [-0.05, 0) is 26.8 Å². The second kappa shape index (κ2) is 4.07. The van der Waals surface area contributed by atoms with Gasteiger partial charge in [-0.15, -0.1) is 0 Å². The van der Waals surface area contributed by atoms with E-state index in [1.807, 2.05) is 32.9 Å². The van der Waals surface area contributed by atoms with Gasteiger partial charge < -0.3 is 0 Å². The van der Waals surface area contributed by atoms with Gasteiger partial charge in [-0.25, -0.2) is 0 Å². The highest BCUT2D eigenvalue weighted by Crippen LogP contribution is 1.94. The maximum absolute atomic E-state index is 4.10. The predicted molar refractivity (Wildman–Crippen MR) is 42.7 cm³/mol. The Morgan fingerprint density at radius 3 is 2.33 bits per heavy atom. The summed E-state index contributed by atoms with van der Waals surface area (Å²) >= 11 is 0. The largest absolute Gasteiger partial charge is 0.259 e. The molecule has 1 nitrogen and oxygen atoms in total. The third kappa shape index (κ3) is 5.01. The molecule has 0 spiro atoms. The Morgan fingerprint density at radius 2 is 2.00 bits per heavy atom. The van der Waals surface area contributed by atoms with Crippen LogP contribution in [-0.2, 0) is 0 Å². The van der Waals surface area contributed by atoms with Crippen molar-refractivity contribution in [1.29, 1.82) is 0 Å². The summed E-state index contributed by atoms with van der Waals surface area (Å²) in [5, 5.41) is 0. The van der Waals surface area contributed by atoms with Crippen LogP contribution in [0.3, 0.4) is 0 Å². The molecule has 1 heteroatoms. The monoisotopic (exact) mass is 123 g/mol. The van der Waals surface area contributed by atoms with Crippen LogP contribution in [0.1, 0.15) is 20.8 Å². The molecule has 0 aliphatic carbocycles. The van der Waals surface area contributed by atoms with E-state index in [0.717, 1.165) is 11.4 Å². The third-order valence-electron chi connectivity index (χ3n) is 0.726. The van der Waals surface area contributed by atoms with E-state index in [0.29, 0.717) is 0 Å². The molecule has 0 unspecified atom stereocenters. The number of rotatable bonds is 2. The minimum atomic E-state index is 0.817. The van der Waals surface area contributed by atoms with Gasteiger partial charge in [0.25, 0.3) is 0 Å². The van der Waals surface area contributed by atoms with E-state index in [9.17, 15) is 0 Å². The zero-order valence-corrected chi connectivity index (χ0v) is 6.31. The summed E-state index contributed by atoms with van der Waals surface area (Å²) in [6.45, 7) is 9.57. The smallest absolute Gasteiger partial charge is 0.0553 e. The summed E-state index contributed by atoms with van der Waals surface area (Å²) in [4.78, 5) is 4.10. The average Bonchev–Trinajstić information content (AvgIpc) is 1.63. The van der Waals surface area contributed by atoms with Crippen molar-refractivity contribution in [3.63, 3.8) is 0 Å². The lowest BCUT2D eigenvalue weighted by Crippen LogP contribution is -1.79. The standard InChI is InChI=1S/C8H13N/c1-5-6-8(4)9-7(2)3/h5-6H,4H2,1-3H3. The normalized spacial score (nSPS) is 9.67. The van der Waals surface area contributed by atoms with E-state index in [1.54, 1.807) is 0 Å². The summed E-state index contributed by atoms with van der Waals surface area (Å²) < 4.78 is 0. The molecule has 9 heavy (non-hydrogen) atoms. The first kappa shape index (κ1) is 8.15. The number of aliphatic imine (C=N–C) groups is 1. The summed E-state index contributed by atoms with van der Waals surface area (Å²) in [6.07, 6.45) is 3.81. The zero-order valence-electron chi connectivity index (χ0n) is 6.31. The molecule has 0 atom stereocenters. The molecular formula is C8H13N. The molecule has 0 saturated carbocycles. The van der Waals surface area contributed by atoms with E-state index >= 15 is 0 Å². The molecule has 0 aliphatic heterocycles. The fourth-order valence-electron chi connectivity index (χ4n) is 0.517. The molecule has 0 bridgehead atoms. The molecule has 0 radical (unpaired) electrons. The molecule has 0 fully saturated rings. The van der Waals surface area contributed by atoms with Crippen molar-refractivity contribution < 1.29 is 0 Å². The lowest BCUT2D eigenvalue weighted by Gasteiger charge is -1.89. The first-order chi connectivity index (χ1) is 4.16. The van der Waals surface area contributed by atoms with Crippen LogP contribution in [0.2, 0.25) is 0 Å². The van der Waals surface area contributed by atoms with Gasteiger partial charge in [0.15, 0.2) is 0 Å². The van der Waals surface area contributed by atoms with Crippen LogP contribution in [0.5, 0.6) is 0 Å². The van der Waals surface area contributed by atoms with E-state index in [1.165, 1.54) is 0 Å². The first-order valence-corrected chi connectivity index (χ1v) is 3.00. The number of hydrogen-bond donors (Lipinski definition) is 0. The maximum Gasteiger partial charge on any atom is 0.0553 e. The molecule has 0 saturated heterocycles. The summed E-state index contributed by atoms with van der Waals surface area (Å²) in [7, 11) is 0. The van der Waals surface area contributed by atoms with Gasteiger partial charge >= 0.3 is 0 Å². The highest BCUT2D eigenvalue weighted by atomic mass is 14.7. The Kier molecular flexibility index (Phi) is 3.69. The summed E-state index contributed by atoms with van der Waals surface area (Å²) in [5.74, 6) is 0. The Hall–Kier alpha value is -0.850. The van der Waals surface area contributed by atoms with Crippen LogP contribution in [0.25, 0.3) is 0 Å². The Bertz CT molecular complexity index is 148. The Balaban J connectivity index is 3.93. The second-order valence-electron chi connectivity index (χ2n) is 2.05. The quantitative estimate of drug-likeness (QED) is 0.395. The molecule has 0 aromatic carbocycles. The van der Waals surface area contributed by atoms with Gasteiger partial charge in [-0.3, -0.25) is 4.99 Å². The van der Waals surface area contributed by atoms with Crippen molar-refractivity contribution >= 4 is 5.71 Å². The van der Waals surface area contributed by atoms with Crippen LogP contribution >= 0.6 is 0 Å². The first-order valence-electron chi connectivity index (χ1n) is 3.00. The van der Waals surface area contributed by atoms with Crippen molar-refractivity contribution in [2.75, 3.05) is 0 Å². The van der Waals surface area contributed by atoms with E-state index < -0.39 is 0 Å². The molecule has 0 heterocycles. The average molecular weight is 123 g/mol. The minimum absolute atomic E-state index is 0.817. The lowest BCUT2D eigenvalue weighted by molar-refractivity contribution is 1.39. The van der Waals surface area contributed by atoms with Gasteiger partial charge in [-0.1, -0.05) is 12.7 Å². The van der Waals surface area contributed by atoms with Gasteiger partial charge in [0.2, 0.25) is 0 Å². The fraction of sp³-hybridized carbons (Fsp3) is 0.375. The molecule has 0 rings (SSSR count). The molecule has 0 N–H and O–H groups in total. The van der Waals surface area contributed by atoms with Crippen molar-refractivity contribution in [2.45, 2.75) is 20.8 Å². The number of hydrogen-bond acceptors (Lipinski definition) is 1.